The van der Waals surface area contributed by atoms with Crippen LogP contribution in [-0.4, -0.2) is 4.98 Å². The lowest BCUT2D eigenvalue weighted by molar-refractivity contribution is 0.134. The zero-order chi connectivity index (χ0) is 8.55. The predicted octanol–water partition coefficient (Wildman–Crippen LogP) is 1.98. The highest BCUT2D eigenvalue weighted by Gasteiger charge is 2.14. The highest BCUT2D eigenvalue weighted by molar-refractivity contribution is 5.33. The standard InChI is InChI=1S/C10H13NO/c1-3-9-4-8-5-12-6-10(8)7(2)11-9/h4H,3,5-6H2,1-2H3. The van der Waals surface area contributed by atoms with E-state index in [-0.39, 0.29) is 0 Å². The van der Waals surface area contributed by atoms with Gasteiger partial charge in [0.05, 0.1) is 13.2 Å². The topological polar surface area (TPSA) is 22.1 Å². The van der Waals surface area contributed by atoms with Gasteiger partial charge < -0.3 is 4.74 Å². The van der Waals surface area contributed by atoms with Crippen LogP contribution < -0.4 is 0 Å². The van der Waals surface area contributed by atoms with E-state index in [4.69, 9.17) is 4.74 Å². The van der Waals surface area contributed by atoms with E-state index >= 15 is 0 Å². The monoisotopic (exact) mass is 163 g/mol. The minimum absolute atomic E-state index is 0.748. The molecule has 0 aromatic carbocycles. The molecule has 1 aromatic heterocycles. The van der Waals surface area contributed by atoms with E-state index in [1.54, 1.807) is 0 Å². The van der Waals surface area contributed by atoms with Crippen molar-refractivity contribution in [1.82, 2.24) is 4.98 Å². The number of hydrogen-bond donors (Lipinski definition) is 0. The summed E-state index contributed by atoms with van der Waals surface area (Å²) in [4.78, 5) is 4.48. The molecule has 0 amide bonds. The molecule has 2 heteroatoms. The van der Waals surface area contributed by atoms with Crippen LogP contribution in [0, 0.1) is 6.92 Å². The maximum atomic E-state index is 5.36. The van der Waals surface area contributed by atoms with Gasteiger partial charge in [0.15, 0.2) is 0 Å². The molecule has 0 aliphatic carbocycles. The number of aryl methyl sites for hydroxylation is 2. The first-order chi connectivity index (χ1) is 5.81. The summed E-state index contributed by atoms with van der Waals surface area (Å²) in [6.45, 7) is 5.71. The van der Waals surface area contributed by atoms with Gasteiger partial charge in [-0.15, -0.1) is 0 Å². The first-order valence-electron chi connectivity index (χ1n) is 4.37. The van der Waals surface area contributed by atoms with E-state index in [0.717, 1.165) is 25.3 Å². The molecule has 0 bridgehead atoms. The Balaban J connectivity index is 2.51. The molecule has 64 valence electrons. The number of hydrogen-bond acceptors (Lipinski definition) is 2. The van der Waals surface area contributed by atoms with Crippen LogP contribution in [0.1, 0.15) is 29.4 Å². The van der Waals surface area contributed by atoms with Gasteiger partial charge in [0.1, 0.15) is 0 Å². The summed E-state index contributed by atoms with van der Waals surface area (Å²) >= 11 is 0. The molecule has 0 radical (unpaired) electrons. The lowest BCUT2D eigenvalue weighted by Gasteiger charge is -2.03. The van der Waals surface area contributed by atoms with Crippen LogP contribution in [0.5, 0.6) is 0 Å². The second kappa shape index (κ2) is 2.87. The Hall–Kier alpha value is -0.890. The van der Waals surface area contributed by atoms with Gasteiger partial charge in [0.2, 0.25) is 0 Å². The van der Waals surface area contributed by atoms with Crippen molar-refractivity contribution in [2.45, 2.75) is 33.5 Å². The number of fused-ring (bicyclic) bond motifs is 1. The van der Waals surface area contributed by atoms with E-state index in [1.165, 1.54) is 16.8 Å². The molecule has 0 spiro atoms. The first kappa shape index (κ1) is 7.74. The predicted molar refractivity (Wildman–Crippen MR) is 46.8 cm³/mol. The van der Waals surface area contributed by atoms with Crippen molar-refractivity contribution in [2.75, 3.05) is 0 Å². The van der Waals surface area contributed by atoms with Crippen molar-refractivity contribution in [1.29, 1.82) is 0 Å². The van der Waals surface area contributed by atoms with Gasteiger partial charge in [-0.05, 0) is 25.0 Å². The molecule has 2 nitrogen and oxygen atoms in total. The van der Waals surface area contributed by atoms with Crippen LogP contribution in [0.25, 0.3) is 0 Å². The van der Waals surface area contributed by atoms with Gasteiger partial charge in [-0.25, -0.2) is 0 Å². The third-order valence-electron chi connectivity index (χ3n) is 2.34. The molecule has 1 aromatic rings. The molecule has 0 saturated heterocycles. The number of aromatic nitrogens is 1. The van der Waals surface area contributed by atoms with E-state index < -0.39 is 0 Å². The molecule has 2 heterocycles. The third-order valence-corrected chi connectivity index (χ3v) is 2.34. The molecule has 0 unspecified atom stereocenters. The van der Waals surface area contributed by atoms with Gasteiger partial charge in [-0.3, -0.25) is 4.98 Å². The van der Waals surface area contributed by atoms with Gasteiger partial charge in [0.25, 0.3) is 0 Å². The van der Waals surface area contributed by atoms with Crippen molar-refractivity contribution >= 4 is 0 Å². The van der Waals surface area contributed by atoms with Crippen LogP contribution in [0.15, 0.2) is 6.07 Å². The zero-order valence-corrected chi connectivity index (χ0v) is 7.55. The second-order valence-electron chi connectivity index (χ2n) is 3.18. The van der Waals surface area contributed by atoms with E-state index in [0.29, 0.717) is 0 Å². The molecule has 2 rings (SSSR count). The van der Waals surface area contributed by atoms with Crippen LogP contribution in [0.4, 0.5) is 0 Å². The number of ether oxygens (including phenoxy) is 1. The summed E-state index contributed by atoms with van der Waals surface area (Å²) in [6.07, 6.45) is 1.01. The zero-order valence-electron chi connectivity index (χ0n) is 7.55. The highest BCUT2D eigenvalue weighted by atomic mass is 16.5. The van der Waals surface area contributed by atoms with Gasteiger partial charge in [-0.2, -0.15) is 0 Å². The van der Waals surface area contributed by atoms with Crippen molar-refractivity contribution in [3.05, 3.63) is 28.6 Å². The summed E-state index contributed by atoms with van der Waals surface area (Å²) in [7, 11) is 0. The van der Waals surface area contributed by atoms with E-state index in [1.807, 2.05) is 0 Å². The lowest BCUT2D eigenvalue weighted by atomic mass is 10.1. The molecular formula is C10H13NO. The number of nitrogens with zero attached hydrogens (tertiary/aromatic N) is 1. The summed E-state index contributed by atoms with van der Waals surface area (Å²) in [5.74, 6) is 0. The molecule has 0 fully saturated rings. The van der Waals surface area contributed by atoms with E-state index in [2.05, 4.69) is 24.9 Å². The van der Waals surface area contributed by atoms with Gasteiger partial charge in [-0.1, -0.05) is 6.92 Å². The summed E-state index contributed by atoms with van der Waals surface area (Å²) in [5.41, 5.74) is 4.95. The lowest BCUT2D eigenvalue weighted by Crippen LogP contribution is -1.96. The van der Waals surface area contributed by atoms with Crippen LogP contribution in [0.2, 0.25) is 0 Å². The Morgan fingerprint density at radius 1 is 1.50 bits per heavy atom. The highest BCUT2D eigenvalue weighted by Crippen LogP contribution is 2.22. The molecule has 1 aliphatic rings. The van der Waals surface area contributed by atoms with Crippen molar-refractivity contribution in [2.24, 2.45) is 0 Å². The van der Waals surface area contributed by atoms with Gasteiger partial charge >= 0.3 is 0 Å². The van der Waals surface area contributed by atoms with Crippen molar-refractivity contribution < 1.29 is 4.74 Å². The summed E-state index contributed by atoms with van der Waals surface area (Å²) in [5, 5.41) is 0. The maximum absolute atomic E-state index is 5.36. The van der Waals surface area contributed by atoms with Crippen molar-refractivity contribution in [3.8, 4) is 0 Å². The molecule has 0 N–H and O–H groups in total. The second-order valence-corrected chi connectivity index (χ2v) is 3.18. The number of pyridine rings is 1. The van der Waals surface area contributed by atoms with Gasteiger partial charge in [0, 0.05) is 17.0 Å². The average molecular weight is 163 g/mol. The Bertz CT molecular complexity index is 307. The van der Waals surface area contributed by atoms with Crippen LogP contribution in [-0.2, 0) is 24.4 Å². The fourth-order valence-corrected chi connectivity index (χ4v) is 1.61. The molecule has 0 atom stereocenters. The summed E-state index contributed by atoms with van der Waals surface area (Å²) < 4.78 is 5.36. The largest absolute Gasteiger partial charge is 0.372 e. The molecular weight excluding hydrogens is 150 g/mol. The van der Waals surface area contributed by atoms with Crippen molar-refractivity contribution in [3.63, 3.8) is 0 Å². The quantitative estimate of drug-likeness (QED) is 0.631. The maximum Gasteiger partial charge on any atom is 0.0742 e. The minimum atomic E-state index is 0.748. The Morgan fingerprint density at radius 3 is 3.08 bits per heavy atom. The molecule has 0 saturated carbocycles. The van der Waals surface area contributed by atoms with Crippen LogP contribution in [0.3, 0.4) is 0 Å². The Kier molecular flexibility index (Phi) is 1.85. The fraction of sp³-hybridized carbons (Fsp3) is 0.500. The summed E-state index contributed by atoms with van der Waals surface area (Å²) in [6, 6.07) is 2.16. The van der Waals surface area contributed by atoms with E-state index in [9.17, 15) is 0 Å². The normalized spacial score (nSPS) is 14.8. The molecule has 12 heavy (non-hydrogen) atoms. The Morgan fingerprint density at radius 2 is 2.33 bits per heavy atom. The van der Waals surface area contributed by atoms with Crippen LogP contribution >= 0.6 is 0 Å². The molecule has 1 aliphatic heterocycles. The fourth-order valence-electron chi connectivity index (χ4n) is 1.61. The Labute approximate surface area is 72.6 Å². The average Bonchev–Trinajstić information content (AvgIpc) is 2.52. The smallest absolute Gasteiger partial charge is 0.0742 e. The minimum Gasteiger partial charge on any atom is -0.372 e. The first-order valence-corrected chi connectivity index (χ1v) is 4.37. The number of rotatable bonds is 1. The third kappa shape index (κ3) is 1.12. The SMILES string of the molecule is CCc1cc2c(c(C)n1)COC2.